The van der Waals surface area contributed by atoms with Crippen molar-refractivity contribution in [3.63, 3.8) is 0 Å². The predicted molar refractivity (Wildman–Crippen MR) is 114 cm³/mol. The number of halogens is 3. The van der Waals surface area contributed by atoms with E-state index in [4.69, 9.17) is 14.2 Å². The molecule has 12 heteroatoms. The minimum Gasteiger partial charge on any atom is -0.493 e. The lowest BCUT2D eigenvalue weighted by Gasteiger charge is -2.12. The maximum atomic E-state index is 12.8. The van der Waals surface area contributed by atoms with Gasteiger partial charge in [-0.15, -0.1) is 18.3 Å². The molecule has 0 saturated carbocycles. The number of ether oxygens (including phenoxy) is 4. The van der Waals surface area contributed by atoms with Crippen molar-refractivity contribution >= 4 is 22.4 Å². The second-order valence-electron chi connectivity index (χ2n) is 6.58. The van der Waals surface area contributed by atoms with E-state index in [9.17, 15) is 18.0 Å². The first kappa shape index (κ1) is 22.4. The molecule has 0 amide bonds. The number of thiazole rings is 1. The highest BCUT2D eigenvalue weighted by molar-refractivity contribution is 7.15. The fraction of sp³-hybridized carbons (Fsp3) is 0.190. The van der Waals surface area contributed by atoms with E-state index in [2.05, 4.69) is 14.8 Å². The predicted octanol–water partition coefficient (Wildman–Crippen LogP) is 3.29. The van der Waals surface area contributed by atoms with Gasteiger partial charge >= 0.3 is 6.36 Å². The minimum atomic E-state index is -4.77. The van der Waals surface area contributed by atoms with Crippen LogP contribution in [0, 0.1) is 0 Å². The van der Waals surface area contributed by atoms with Gasteiger partial charge in [0.1, 0.15) is 5.75 Å². The summed E-state index contributed by atoms with van der Waals surface area (Å²) in [5.74, 6) is 1.19. The smallest absolute Gasteiger partial charge is 0.493 e. The zero-order valence-electron chi connectivity index (χ0n) is 17.5. The second-order valence-corrected chi connectivity index (χ2v) is 7.59. The van der Waals surface area contributed by atoms with Crippen LogP contribution in [0.5, 0.6) is 23.0 Å². The molecule has 0 N–H and O–H groups in total. The first-order chi connectivity index (χ1) is 15.7. The van der Waals surface area contributed by atoms with Crippen LogP contribution in [-0.4, -0.2) is 42.3 Å². The van der Waals surface area contributed by atoms with Gasteiger partial charge in [0.2, 0.25) is 10.7 Å². The summed E-state index contributed by atoms with van der Waals surface area (Å²) in [4.78, 5) is 17.5. The van der Waals surface area contributed by atoms with Crippen LogP contribution in [0.2, 0.25) is 0 Å². The number of rotatable bonds is 6. The van der Waals surface area contributed by atoms with Gasteiger partial charge in [-0.2, -0.15) is 9.50 Å². The highest BCUT2D eigenvalue weighted by atomic mass is 32.1. The van der Waals surface area contributed by atoms with Crippen LogP contribution < -0.4 is 29.0 Å². The maximum absolute atomic E-state index is 12.8. The highest BCUT2D eigenvalue weighted by Gasteiger charge is 2.30. The molecule has 0 unspecified atom stereocenters. The van der Waals surface area contributed by atoms with Crippen molar-refractivity contribution in [3.05, 3.63) is 56.8 Å². The summed E-state index contributed by atoms with van der Waals surface area (Å²) in [5, 5.41) is 4.29. The Labute approximate surface area is 188 Å². The van der Waals surface area contributed by atoms with E-state index >= 15 is 0 Å². The largest absolute Gasteiger partial charge is 0.573 e. The summed E-state index contributed by atoms with van der Waals surface area (Å²) >= 11 is 1.10. The van der Waals surface area contributed by atoms with Crippen LogP contribution in [0.15, 0.2) is 41.2 Å². The fourth-order valence-electron chi connectivity index (χ4n) is 3.08. The molecule has 0 radical (unpaired) electrons. The summed E-state index contributed by atoms with van der Waals surface area (Å²) in [5.41, 5.74) is 0.679. The number of aromatic nitrogens is 3. The van der Waals surface area contributed by atoms with Crippen molar-refractivity contribution in [3.8, 4) is 34.4 Å². The van der Waals surface area contributed by atoms with Gasteiger partial charge in [-0.25, -0.2) is 0 Å². The van der Waals surface area contributed by atoms with Crippen molar-refractivity contribution in [1.82, 2.24) is 14.6 Å². The van der Waals surface area contributed by atoms with Crippen molar-refractivity contribution in [2.24, 2.45) is 0 Å². The van der Waals surface area contributed by atoms with Gasteiger partial charge in [0.15, 0.2) is 17.3 Å². The lowest BCUT2D eigenvalue weighted by atomic mass is 10.1. The summed E-state index contributed by atoms with van der Waals surface area (Å²) in [6.45, 7) is 0. The van der Waals surface area contributed by atoms with Gasteiger partial charge in [-0.3, -0.25) is 4.79 Å². The van der Waals surface area contributed by atoms with Gasteiger partial charge < -0.3 is 18.9 Å². The molecule has 2 aromatic heterocycles. The molecular weight excluding hydrogens is 463 g/mol. The molecule has 4 rings (SSSR count). The van der Waals surface area contributed by atoms with Gasteiger partial charge in [0, 0.05) is 5.56 Å². The third-order valence-electron chi connectivity index (χ3n) is 4.52. The molecule has 8 nitrogen and oxygen atoms in total. The van der Waals surface area contributed by atoms with E-state index in [1.807, 2.05) is 0 Å². The minimum absolute atomic E-state index is 0.290. The Hall–Kier alpha value is -3.80. The Kier molecular flexibility index (Phi) is 5.85. The van der Waals surface area contributed by atoms with Crippen LogP contribution >= 0.6 is 11.3 Å². The number of methoxy groups -OCH3 is 3. The van der Waals surface area contributed by atoms with Crippen LogP contribution in [0.1, 0.15) is 5.56 Å². The number of hydrogen-bond acceptors (Lipinski definition) is 8. The Morgan fingerprint density at radius 3 is 2.15 bits per heavy atom. The van der Waals surface area contributed by atoms with E-state index in [0.29, 0.717) is 37.9 Å². The summed E-state index contributed by atoms with van der Waals surface area (Å²) in [6.07, 6.45) is -3.23. The van der Waals surface area contributed by atoms with Crippen molar-refractivity contribution in [2.45, 2.75) is 6.36 Å². The van der Waals surface area contributed by atoms with Crippen molar-refractivity contribution in [2.75, 3.05) is 21.3 Å². The topological polar surface area (TPSA) is 84.2 Å². The molecule has 0 saturated heterocycles. The molecule has 0 aliphatic heterocycles. The molecular formula is C21H16F3N3O5S. The molecule has 0 aliphatic rings. The molecule has 0 bridgehead atoms. The Morgan fingerprint density at radius 1 is 1.00 bits per heavy atom. The molecule has 0 spiro atoms. The molecule has 0 fully saturated rings. The quantitative estimate of drug-likeness (QED) is 0.420. The van der Waals surface area contributed by atoms with Gasteiger partial charge in [0.25, 0.3) is 5.56 Å². The fourth-order valence-corrected chi connectivity index (χ4v) is 3.99. The number of hydrogen-bond donors (Lipinski definition) is 0. The summed E-state index contributed by atoms with van der Waals surface area (Å²) in [7, 11) is 4.46. The molecule has 0 aliphatic carbocycles. The summed E-state index contributed by atoms with van der Waals surface area (Å²) in [6, 6.07) is 8.51. The highest BCUT2D eigenvalue weighted by Crippen LogP contribution is 2.40. The third kappa shape index (κ3) is 4.55. The summed E-state index contributed by atoms with van der Waals surface area (Å²) < 4.78 is 58.2. The molecule has 4 aromatic rings. The molecule has 172 valence electrons. The van der Waals surface area contributed by atoms with E-state index in [0.717, 1.165) is 15.9 Å². The Balaban J connectivity index is 1.69. The zero-order valence-corrected chi connectivity index (χ0v) is 18.3. The normalized spacial score (nSPS) is 12.2. The SMILES string of the molecule is COc1cc(-c2nc3s/c(=C\c4ccc(OC(F)(F)F)cc4)c(=O)n3n2)cc(OC)c1OC. The van der Waals surface area contributed by atoms with E-state index < -0.39 is 11.9 Å². The van der Waals surface area contributed by atoms with Crippen LogP contribution in [-0.2, 0) is 0 Å². The Morgan fingerprint density at radius 2 is 1.64 bits per heavy atom. The van der Waals surface area contributed by atoms with E-state index in [-0.39, 0.29) is 11.6 Å². The number of alkyl halides is 3. The lowest BCUT2D eigenvalue weighted by molar-refractivity contribution is -0.274. The molecule has 33 heavy (non-hydrogen) atoms. The average molecular weight is 479 g/mol. The third-order valence-corrected chi connectivity index (χ3v) is 5.48. The molecule has 2 heterocycles. The van der Waals surface area contributed by atoms with Gasteiger partial charge in [0.05, 0.1) is 25.9 Å². The average Bonchev–Trinajstić information content (AvgIpc) is 3.32. The van der Waals surface area contributed by atoms with Gasteiger partial charge in [-0.1, -0.05) is 23.5 Å². The standard InChI is InChI=1S/C21H16F3N3O5S/c1-29-14-9-12(10-15(30-2)17(14)31-3)18-25-20-27(26-18)19(28)16(33-20)8-11-4-6-13(7-5-11)32-21(22,23)24/h4-10H,1-3H3/b16-8-. The monoisotopic (exact) mass is 479 g/mol. The zero-order chi connectivity index (χ0) is 23.8. The number of benzene rings is 2. The first-order valence-corrected chi connectivity index (χ1v) is 10.1. The molecule has 0 atom stereocenters. The molecule has 2 aromatic carbocycles. The van der Waals surface area contributed by atoms with Crippen molar-refractivity contribution < 1.29 is 32.1 Å². The van der Waals surface area contributed by atoms with E-state index in [1.54, 1.807) is 18.2 Å². The second kappa shape index (κ2) is 8.62. The van der Waals surface area contributed by atoms with Crippen LogP contribution in [0.4, 0.5) is 13.2 Å². The lowest BCUT2D eigenvalue weighted by Crippen LogP contribution is -2.23. The van der Waals surface area contributed by atoms with Crippen molar-refractivity contribution in [1.29, 1.82) is 0 Å². The van der Waals surface area contributed by atoms with E-state index in [1.165, 1.54) is 45.6 Å². The number of fused-ring (bicyclic) bond motifs is 1. The number of nitrogens with zero attached hydrogens (tertiary/aromatic N) is 3. The van der Waals surface area contributed by atoms with Crippen LogP contribution in [0.25, 0.3) is 22.4 Å². The van der Waals surface area contributed by atoms with Gasteiger partial charge in [-0.05, 0) is 35.9 Å². The first-order valence-electron chi connectivity index (χ1n) is 9.30. The van der Waals surface area contributed by atoms with Crippen LogP contribution in [0.3, 0.4) is 0 Å². The Bertz CT molecular complexity index is 1390. The maximum Gasteiger partial charge on any atom is 0.573 e.